The van der Waals surface area contributed by atoms with Gasteiger partial charge in [-0.1, -0.05) is 27.7 Å². The molecule has 0 saturated heterocycles. The van der Waals surface area contributed by atoms with Crippen LogP contribution in [0.15, 0.2) is 12.1 Å². The van der Waals surface area contributed by atoms with Crippen molar-refractivity contribution >= 4 is 28.6 Å². The molecule has 6 heteroatoms. The molecule has 2 aromatic rings. The van der Waals surface area contributed by atoms with Crippen molar-refractivity contribution in [1.82, 2.24) is 9.55 Å². The highest BCUT2D eigenvalue weighted by molar-refractivity contribution is 5.94. The minimum absolute atomic E-state index is 0.136. The first-order chi connectivity index (χ1) is 12.1. The van der Waals surface area contributed by atoms with E-state index in [2.05, 4.69) is 22.1 Å². The van der Waals surface area contributed by atoms with Gasteiger partial charge in [0.1, 0.15) is 11.3 Å². The lowest BCUT2D eigenvalue weighted by Gasteiger charge is -2.41. The average molecular weight is 356 g/mol. The van der Waals surface area contributed by atoms with Crippen molar-refractivity contribution in [2.24, 2.45) is 11.3 Å². The van der Waals surface area contributed by atoms with Crippen LogP contribution in [0.2, 0.25) is 0 Å². The number of imidazole rings is 1. The van der Waals surface area contributed by atoms with Gasteiger partial charge in [0.2, 0.25) is 11.9 Å². The molecule has 1 aliphatic rings. The molecule has 1 aromatic heterocycles. The van der Waals surface area contributed by atoms with E-state index in [0.717, 1.165) is 19.3 Å². The molecule has 1 aromatic carbocycles. The van der Waals surface area contributed by atoms with Gasteiger partial charge in [0.15, 0.2) is 5.69 Å². The summed E-state index contributed by atoms with van der Waals surface area (Å²) in [6.07, 6.45) is 2.94. The van der Waals surface area contributed by atoms with Gasteiger partial charge in [-0.05, 0) is 43.7 Å². The summed E-state index contributed by atoms with van der Waals surface area (Å²) in [5.74, 6) is -0.532. The van der Waals surface area contributed by atoms with Crippen LogP contribution in [0.3, 0.4) is 0 Å². The van der Waals surface area contributed by atoms with Gasteiger partial charge in [-0.15, -0.1) is 0 Å². The summed E-state index contributed by atoms with van der Waals surface area (Å²) in [5.41, 5.74) is 0.584. The first-order valence-corrected chi connectivity index (χ1v) is 8.97. The number of halogens is 1. The SMILES string of the molecule is [C-]#[N+]c1cc(F)c2nc(NC(=O)C(C)C(C)(C)C)n(C3(C)CCC3)c2c1. The summed E-state index contributed by atoms with van der Waals surface area (Å²) in [6.45, 7) is 17.2. The van der Waals surface area contributed by atoms with Crippen molar-refractivity contribution in [3.8, 4) is 0 Å². The van der Waals surface area contributed by atoms with Crippen LogP contribution in [0, 0.1) is 23.7 Å². The lowest BCUT2D eigenvalue weighted by molar-refractivity contribution is -0.122. The summed E-state index contributed by atoms with van der Waals surface area (Å²) in [5, 5.41) is 2.91. The van der Waals surface area contributed by atoms with Gasteiger partial charge in [-0.2, -0.15) is 0 Å². The molecular formula is C20H25FN4O. The second kappa shape index (κ2) is 6.08. The quantitative estimate of drug-likeness (QED) is 0.764. The number of anilines is 1. The minimum atomic E-state index is -0.533. The maximum absolute atomic E-state index is 14.5. The Hall–Kier alpha value is -2.42. The molecule has 0 aliphatic heterocycles. The van der Waals surface area contributed by atoms with Gasteiger partial charge in [-0.25, -0.2) is 14.2 Å². The van der Waals surface area contributed by atoms with Crippen molar-refractivity contribution in [1.29, 1.82) is 0 Å². The molecule has 138 valence electrons. The van der Waals surface area contributed by atoms with Gasteiger partial charge in [0.05, 0.1) is 12.1 Å². The van der Waals surface area contributed by atoms with Gasteiger partial charge >= 0.3 is 0 Å². The fourth-order valence-corrected chi connectivity index (χ4v) is 3.34. The van der Waals surface area contributed by atoms with E-state index in [9.17, 15) is 9.18 Å². The van der Waals surface area contributed by atoms with Gasteiger partial charge in [0.25, 0.3) is 0 Å². The number of amides is 1. The summed E-state index contributed by atoms with van der Waals surface area (Å²) in [4.78, 5) is 20.5. The molecule has 1 saturated carbocycles. The monoisotopic (exact) mass is 356 g/mol. The van der Waals surface area contributed by atoms with Crippen LogP contribution in [0.1, 0.15) is 53.9 Å². The largest absolute Gasteiger partial charge is 0.305 e. The lowest BCUT2D eigenvalue weighted by atomic mass is 9.78. The van der Waals surface area contributed by atoms with E-state index in [1.807, 2.05) is 32.3 Å². The predicted molar refractivity (Wildman–Crippen MR) is 101 cm³/mol. The number of aromatic nitrogens is 2. The Kier molecular flexibility index (Phi) is 4.30. The van der Waals surface area contributed by atoms with E-state index in [1.165, 1.54) is 6.07 Å². The second-order valence-electron chi connectivity index (χ2n) is 8.61. The number of hydrogen-bond acceptors (Lipinski definition) is 2. The third kappa shape index (κ3) is 2.96. The Morgan fingerprint density at radius 3 is 2.58 bits per heavy atom. The van der Waals surface area contributed by atoms with Crippen LogP contribution in [0.4, 0.5) is 16.0 Å². The molecule has 1 amide bonds. The highest BCUT2D eigenvalue weighted by atomic mass is 19.1. The number of fused-ring (bicyclic) bond motifs is 1. The number of benzene rings is 1. The van der Waals surface area contributed by atoms with Crippen molar-refractivity contribution in [2.75, 3.05) is 5.32 Å². The molecule has 1 atom stereocenters. The van der Waals surface area contributed by atoms with E-state index in [0.29, 0.717) is 11.5 Å². The second-order valence-corrected chi connectivity index (χ2v) is 8.61. The fraction of sp³-hybridized carbons (Fsp3) is 0.550. The smallest absolute Gasteiger partial charge is 0.230 e. The molecular weight excluding hydrogens is 331 g/mol. The van der Waals surface area contributed by atoms with Crippen molar-refractivity contribution in [3.05, 3.63) is 29.4 Å². The minimum Gasteiger partial charge on any atom is -0.305 e. The summed E-state index contributed by atoms with van der Waals surface area (Å²) < 4.78 is 16.4. The molecule has 26 heavy (non-hydrogen) atoms. The third-order valence-electron chi connectivity index (χ3n) is 5.73. The van der Waals surface area contributed by atoms with Crippen LogP contribution >= 0.6 is 0 Å². The van der Waals surface area contributed by atoms with Gasteiger partial charge < -0.3 is 4.57 Å². The van der Waals surface area contributed by atoms with Crippen LogP contribution in [0.5, 0.6) is 0 Å². The normalized spacial score (nSPS) is 17.4. The van der Waals surface area contributed by atoms with E-state index in [4.69, 9.17) is 6.57 Å². The Labute approximate surface area is 153 Å². The fourth-order valence-electron chi connectivity index (χ4n) is 3.34. The third-order valence-corrected chi connectivity index (χ3v) is 5.73. The van der Waals surface area contributed by atoms with E-state index >= 15 is 0 Å². The molecule has 0 bridgehead atoms. The molecule has 0 spiro atoms. The molecule has 1 unspecified atom stereocenters. The summed E-state index contributed by atoms with van der Waals surface area (Å²) >= 11 is 0. The Balaban J connectivity index is 2.13. The van der Waals surface area contributed by atoms with E-state index in [1.54, 1.807) is 6.07 Å². The highest BCUT2D eigenvalue weighted by Crippen LogP contribution is 2.44. The van der Waals surface area contributed by atoms with E-state index in [-0.39, 0.29) is 34.0 Å². The molecule has 3 rings (SSSR count). The van der Waals surface area contributed by atoms with Crippen molar-refractivity contribution < 1.29 is 9.18 Å². The Morgan fingerprint density at radius 2 is 2.08 bits per heavy atom. The first-order valence-electron chi connectivity index (χ1n) is 8.97. The Morgan fingerprint density at radius 1 is 1.42 bits per heavy atom. The molecule has 1 heterocycles. The van der Waals surface area contributed by atoms with Crippen molar-refractivity contribution in [3.63, 3.8) is 0 Å². The van der Waals surface area contributed by atoms with Crippen LogP contribution in [-0.4, -0.2) is 15.5 Å². The number of carbonyl (C=O) groups excluding carboxylic acids is 1. The number of rotatable bonds is 3. The van der Waals surface area contributed by atoms with Crippen LogP contribution in [-0.2, 0) is 10.3 Å². The zero-order valence-corrected chi connectivity index (χ0v) is 16.0. The average Bonchev–Trinajstić information content (AvgIpc) is 2.89. The zero-order chi connectivity index (χ0) is 19.3. The van der Waals surface area contributed by atoms with Gasteiger partial charge in [0, 0.05) is 11.5 Å². The maximum Gasteiger partial charge on any atom is 0.230 e. The van der Waals surface area contributed by atoms with Gasteiger partial charge in [-0.3, -0.25) is 10.1 Å². The number of carbonyl (C=O) groups is 1. The number of nitrogens with one attached hydrogen (secondary N) is 1. The van der Waals surface area contributed by atoms with Crippen LogP contribution < -0.4 is 5.32 Å². The lowest BCUT2D eigenvalue weighted by Crippen LogP contribution is -2.39. The molecule has 1 fully saturated rings. The topological polar surface area (TPSA) is 51.3 Å². The summed E-state index contributed by atoms with van der Waals surface area (Å²) in [7, 11) is 0. The van der Waals surface area contributed by atoms with E-state index < -0.39 is 5.82 Å². The molecule has 5 nitrogen and oxygen atoms in total. The molecule has 1 aliphatic carbocycles. The predicted octanol–water partition coefficient (Wildman–Crippen LogP) is 5.25. The first kappa shape index (κ1) is 18.4. The molecule has 0 radical (unpaired) electrons. The molecule has 1 N–H and O–H groups in total. The number of nitrogens with zero attached hydrogens (tertiary/aromatic N) is 3. The Bertz CT molecular complexity index is 913. The zero-order valence-electron chi connectivity index (χ0n) is 16.0. The maximum atomic E-state index is 14.5. The highest BCUT2D eigenvalue weighted by Gasteiger charge is 2.38. The summed E-state index contributed by atoms with van der Waals surface area (Å²) in [6, 6.07) is 2.85. The van der Waals surface area contributed by atoms with Crippen LogP contribution in [0.25, 0.3) is 15.9 Å². The number of hydrogen-bond donors (Lipinski definition) is 1. The standard InChI is InChI=1S/C20H25FN4O/c1-12(19(2,3)4)17(26)24-18-23-16-14(21)10-13(22-6)11-15(16)25(18)20(5)8-7-9-20/h10-12H,7-9H2,1-5H3,(H,23,24,26). The van der Waals surface area contributed by atoms with Crippen molar-refractivity contribution in [2.45, 2.75) is 59.4 Å².